The Morgan fingerprint density at radius 2 is 2.20 bits per heavy atom. The van der Waals surface area contributed by atoms with Crippen molar-refractivity contribution < 1.29 is 4.74 Å². The minimum atomic E-state index is 0.650. The molecule has 62 valence electrons. The molecular weight excluding hydrogens is 192 g/mol. The SMILES string of the molecule is CCCCOCC(C)CBr. The quantitative estimate of drug-likeness (QED) is 0.482. The molecule has 0 amide bonds. The van der Waals surface area contributed by atoms with Crippen LogP contribution in [0.5, 0.6) is 0 Å². The van der Waals surface area contributed by atoms with Gasteiger partial charge in [-0.2, -0.15) is 0 Å². The van der Waals surface area contributed by atoms with Gasteiger partial charge < -0.3 is 4.74 Å². The van der Waals surface area contributed by atoms with Gasteiger partial charge in [0, 0.05) is 18.5 Å². The lowest BCUT2D eigenvalue weighted by atomic mass is 10.2. The van der Waals surface area contributed by atoms with Gasteiger partial charge in [-0.15, -0.1) is 0 Å². The Morgan fingerprint density at radius 3 is 2.70 bits per heavy atom. The first kappa shape index (κ1) is 10.4. The first-order valence-corrected chi connectivity index (χ1v) is 5.07. The van der Waals surface area contributed by atoms with Crippen molar-refractivity contribution in [1.29, 1.82) is 0 Å². The van der Waals surface area contributed by atoms with Crippen molar-refractivity contribution in [2.75, 3.05) is 18.5 Å². The molecule has 0 heterocycles. The average Bonchev–Trinajstić information content (AvgIpc) is 1.98. The molecule has 1 atom stereocenters. The molecule has 0 aliphatic heterocycles. The maximum absolute atomic E-state index is 5.40. The molecule has 0 saturated carbocycles. The van der Waals surface area contributed by atoms with Crippen molar-refractivity contribution in [1.82, 2.24) is 0 Å². The lowest BCUT2D eigenvalue weighted by Gasteiger charge is -2.07. The summed E-state index contributed by atoms with van der Waals surface area (Å²) in [6.07, 6.45) is 2.41. The predicted octanol–water partition coefficient (Wildman–Crippen LogP) is 2.83. The van der Waals surface area contributed by atoms with E-state index < -0.39 is 0 Å². The predicted molar refractivity (Wildman–Crippen MR) is 48.7 cm³/mol. The lowest BCUT2D eigenvalue weighted by molar-refractivity contribution is 0.109. The van der Waals surface area contributed by atoms with Crippen LogP contribution in [0.1, 0.15) is 26.7 Å². The molecule has 0 fully saturated rings. The summed E-state index contributed by atoms with van der Waals surface area (Å²) in [7, 11) is 0. The van der Waals surface area contributed by atoms with E-state index >= 15 is 0 Å². The average molecular weight is 209 g/mol. The largest absolute Gasteiger partial charge is 0.381 e. The summed E-state index contributed by atoms with van der Waals surface area (Å²) in [6.45, 7) is 6.18. The second-order valence-electron chi connectivity index (χ2n) is 2.69. The van der Waals surface area contributed by atoms with Gasteiger partial charge in [0.05, 0.1) is 0 Å². The van der Waals surface area contributed by atoms with Crippen molar-refractivity contribution in [2.45, 2.75) is 26.7 Å². The topological polar surface area (TPSA) is 9.23 Å². The lowest BCUT2D eigenvalue weighted by Crippen LogP contribution is -2.07. The summed E-state index contributed by atoms with van der Waals surface area (Å²) < 4.78 is 5.40. The van der Waals surface area contributed by atoms with Crippen LogP contribution < -0.4 is 0 Å². The van der Waals surface area contributed by atoms with Crippen LogP contribution >= 0.6 is 15.9 Å². The van der Waals surface area contributed by atoms with Gasteiger partial charge in [-0.25, -0.2) is 0 Å². The van der Waals surface area contributed by atoms with Crippen molar-refractivity contribution in [3.8, 4) is 0 Å². The highest BCUT2D eigenvalue weighted by Gasteiger charge is 1.97. The maximum atomic E-state index is 5.40. The van der Waals surface area contributed by atoms with E-state index in [4.69, 9.17) is 4.74 Å². The van der Waals surface area contributed by atoms with E-state index in [1.165, 1.54) is 12.8 Å². The Bertz CT molecular complexity index is 66.3. The molecule has 0 aliphatic rings. The third-order valence-corrected chi connectivity index (χ3v) is 2.41. The molecule has 0 bridgehead atoms. The number of halogens is 1. The highest BCUT2D eigenvalue weighted by Crippen LogP contribution is 2.00. The number of ether oxygens (including phenoxy) is 1. The number of rotatable bonds is 6. The molecular formula is C8H17BrO. The highest BCUT2D eigenvalue weighted by atomic mass is 79.9. The molecule has 0 N–H and O–H groups in total. The number of unbranched alkanes of at least 4 members (excludes halogenated alkanes) is 1. The van der Waals surface area contributed by atoms with Crippen LogP contribution in [0.3, 0.4) is 0 Å². The van der Waals surface area contributed by atoms with Crippen LogP contribution in [0, 0.1) is 5.92 Å². The Morgan fingerprint density at radius 1 is 1.50 bits per heavy atom. The monoisotopic (exact) mass is 208 g/mol. The summed E-state index contributed by atoms with van der Waals surface area (Å²) >= 11 is 3.40. The highest BCUT2D eigenvalue weighted by molar-refractivity contribution is 9.09. The fourth-order valence-corrected chi connectivity index (χ4v) is 0.762. The Hall–Kier alpha value is 0.440. The molecule has 10 heavy (non-hydrogen) atoms. The summed E-state index contributed by atoms with van der Waals surface area (Å²) in [6, 6.07) is 0. The van der Waals surface area contributed by atoms with Gasteiger partial charge in [0.15, 0.2) is 0 Å². The van der Waals surface area contributed by atoms with Crippen molar-refractivity contribution in [3.63, 3.8) is 0 Å². The fraction of sp³-hybridized carbons (Fsp3) is 1.00. The van der Waals surface area contributed by atoms with E-state index in [1.54, 1.807) is 0 Å². The van der Waals surface area contributed by atoms with Gasteiger partial charge in [-0.3, -0.25) is 0 Å². The Balaban J connectivity index is 2.89. The van der Waals surface area contributed by atoms with Crippen LogP contribution in [-0.2, 0) is 4.74 Å². The molecule has 0 spiro atoms. The van der Waals surface area contributed by atoms with Gasteiger partial charge in [-0.05, 0) is 12.3 Å². The van der Waals surface area contributed by atoms with Gasteiger partial charge >= 0.3 is 0 Å². The zero-order valence-corrected chi connectivity index (χ0v) is 8.49. The first-order valence-electron chi connectivity index (χ1n) is 3.95. The van der Waals surface area contributed by atoms with Crippen LogP contribution in [0.15, 0.2) is 0 Å². The van der Waals surface area contributed by atoms with Crippen LogP contribution in [-0.4, -0.2) is 18.5 Å². The number of hydrogen-bond donors (Lipinski definition) is 0. The van der Waals surface area contributed by atoms with E-state index in [0.29, 0.717) is 5.92 Å². The smallest absolute Gasteiger partial charge is 0.0499 e. The summed E-state index contributed by atoms with van der Waals surface area (Å²) in [5.74, 6) is 0.650. The molecule has 2 heteroatoms. The molecule has 0 aliphatic carbocycles. The minimum absolute atomic E-state index is 0.650. The van der Waals surface area contributed by atoms with Gasteiger partial charge in [0.2, 0.25) is 0 Å². The molecule has 0 rings (SSSR count). The van der Waals surface area contributed by atoms with E-state index in [2.05, 4.69) is 29.8 Å². The van der Waals surface area contributed by atoms with Crippen LogP contribution in [0.25, 0.3) is 0 Å². The fourth-order valence-electron chi connectivity index (χ4n) is 0.575. The second kappa shape index (κ2) is 7.55. The van der Waals surface area contributed by atoms with E-state index in [0.717, 1.165) is 18.5 Å². The van der Waals surface area contributed by atoms with E-state index in [9.17, 15) is 0 Å². The van der Waals surface area contributed by atoms with Gasteiger partial charge in [0.1, 0.15) is 0 Å². The van der Waals surface area contributed by atoms with Gasteiger partial charge in [-0.1, -0.05) is 36.2 Å². The Labute approximate surface area is 72.3 Å². The number of hydrogen-bond acceptors (Lipinski definition) is 1. The zero-order chi connectivity index (χ0) is 7.82. The molecule has 0 aromatic heterocycles. The molecule has 0 aromatic rings. The molecule has 0 saturated heterocycles. The Kier molecular flexibility index (Phi) is 7.88. The second-order valence-corrected chi connectivity index (χ2v) is 3.34. The molecule has 0 aromatic carbocycles. The summed E-state index contributed by atoms with van der Waals surface area (Å²) in [4.78, 5) is 0. The van der Waals surface area contributed by atoms with E-state index in [1.807, 2.05) is 0 Å². The van der Waals surface area contributed by atoms with Crippen molar-refractivity contribution in [2.24, 2.45) is 5.92 Å². The molecule has 1 unspecified atom stereocenters. The third-order valence-electron chi connectivity index (χ3n) is 1.31. The molecule has 1 nitrogen and oxygen atoms in total. The van der Waals surface area contributed by atoms with Crippen molar-refractivity contribution >= 4 is 15.9 Å². The minimum Gasteiger partial charge on any atom is -0.381 e. The maximum Gasteiger partial charge on any atom is 0.0499 e. The van der Waals surface area contributed by atoms with Gasteiger partial charge in [0.25, 0.3) is 0 Å². The van der Waals surface area contributed by atoms with Crippen molar-refractivity contribution in [3.05, 3.63) is 0 Å². The van der Waals surface area contributed by atoms with E-state index in [-0.39, 0.29) is 0 Å². The zero-order valence-electron chi connectivity index (χ0n) is 6.90. The normalized spacial score (nSPS) is 13.5. The van der Waals surface area contributed by atoms with Crippen LogP contribution in [0.2, 0.25) is 0 Å². The standard InChI is InChI=1S/C8H17BrO/c1-3-4-5-10-7-8(2)6-9/h8H,3-7H2,1-2H3. The molecule has 0 radical (unpaired) electrons. The summed E-state index contributed by atoms with van der Waals surface area (Å²) in [5.41, 5.74) is 0. The van der Waals surface area contributed by atoms with Crippen LogP contribution in [0.4, 0.5) is 0 Å². The first-order chi connectivity index (χ1) is 4.81. The third kappa shape index (κ3) is 6.56. The number of alkyl halides is 1. The summed E-state index contributed by atoms with van der Waals surface area (Å²) in [5, 5.41) is 1.04.